The summed E-state index contributed by atoms with van der Waals surface area (Å²) in [5, 5.41) is 12.1. The van der Waals surface area contributed by atoms with Crippen molar-refractivity contribution in [2.45, 2.75) is 6.04 Å². The van der Waals surface area contributed by atoms with Crippen LogP contribution in [-0.4, -0.2) is 26.5 Å². The summed E-state index contributed by atoms with van der Waals surface area (Å²) in [6.45, 7) is 0. The Morgan fingerprint density at radius 2 is 1.85 bits per heavy atom. The smallest absolute Gasteiger partial charge is 0.331 e. The first-order chi connectivity index (χ1) is 13.0. The molecule has 0 fully saturated rings. The molecule has 7 nitrogen and oxygen atoms in total. The van der Waals surface area contributed by atoms with E-state index in [2.05, 4.69) is 26.2 Å². The number of nitrogens with zero attached hydrogens (tertiary/aromatic N) is 2. The van der Waals surface area contributed by atoms with E-state index in [0.717, 1.165) is 10.9 Å². The second-order valence-corrected chi connectivity index (χ2v) is 6.55. The highest BCUT2D eigenvalue weighted by atomic mass is 79.9. The number of anilines is 1. The number of benzene rings is 2. The van der Waals surface area contributed by atoms with Crippen LogP contribution in [0.4, 0.5) is 5.69 Å². The third-order valence-electron chi connectivity index (χ3n) is 3.82. The van der Waals surface area contributed by atoms with Gasteiger partial charge >= 0.3 is 5.97 Å². The van der Waals surface area contributed by atoms with Gasteiger partial charge in [0.25, 0.3) is 11.5 Å². The van der Waals surface area contributed by atoms with Gasteiger partial charge in [-0.15, -0.1) is 0 Å². The van der Waals surface area contributed by atoms with Gasteiger partial charge in [-0.2, -0.15) is 0 Å². The lowest BCUT2D eigenvalue weighted by Gasteiger charge is -2.17. The number of rotatable bonds is 5. The van der Waals surface area contributed by atoms with E-state index >= 15 is 0 Å². The quantitative estimate of drug-likeness (QED) is 0.651. The van der Waals surface area contributed by atoms with Crippen LogP contribution in [0.5, 0.6) is 0 Å². The SMILES string of the molecule is O=C(Nc1cncn(C(C(=O)O)c2cccc(Br)c2)c1=O)c1ccccc1. The molecule has 0 radical (unpaired) electrons. The Hall–Kier alpha value is -3.26. The largest absolute Gasteiger partial charge is 0.479 e. The molecule has 0 aliphatic heterocycles. The van der Waals surface area contributed by atoms with E-state index in [0.29, 0.717) is 15.6 Å². The minimum Gasteiger partial charge on any atom is -0.479 e. The highest BCUT2D eigenvalue weighted by molar-refractivity contribution is 9.10. The lowest BCUT2D eigenvalue weighted by atomic mass is 10.1. The molecule has 136 valence electrons. The fourth-order valence-electron chi connectivity index (χ4n) is 2.58. The number of halogens is 1. The fourth-order valence-corrected chi connectivity index (χ4v) is 3.00. The van der Waals surface area contributed by atoms with E-state index in [1.54, 1.807) is 54.6 Å². The minimum absolute atomic E-state index is 0.104. The molecule has 0 aliphatic carbocycles. The van der Waals surface area contributed by atoms with E-state index in [1.807, 2.05) is 0 Å². The maximum absolute atomic E-state index is 12.8. The Labute approximate surface area is 162 Å². The van der Waals surface area contributed by atoms with E-state index < -0.39 is 23.5 Å². The Balaban J connectivity index is 1.99. The van der Waals surface area contributed by atoms with Crippen molar-refractivity contribution in [1.82, 2.24) is 9.55 Å². The number of aromatic nitrogens is 2. The number of aliphatic carboxylic acids is 1. The van der Waals surface area contributed by atoms with Crippen molar-refractivity contribution in [3.63, 3.8) is 0 Å². The third kappa shape index (κ3) is 4.12. The molecule has 27 heavy (non-hydrogen) atoms. The summed E-state index contributed by atoms with van der Waals surface area (Å²) in [4.78, 5) is 40.8. The molecule has 3 aromatic rings. The molecule has 0 saturated carbocycles. The summed E-state index contributed by atoms with van der Waals surface area (Å²) in [7, 11) is 0. The molecule has 2 aromatic carbocycles. The number of amides is 1. The van der Waals surface area contributed by atoms with Crippen LogP contribution in [-0.2, 0) is 4.79 Å². The van der Waals surface area contributed by atoms with Gasteiger partial charge in [-0.25, -0.2) is 9.78 Å². The first kappa shape index (κ1) is 18.5. The molecular weight excluding hydrogens is 414 g/mol. The van der Waals surface area contributed by atoms with Crippen molar-refractivity contribution in [3.05, 3.63) is 93.1 Å². The normalized spacial score (nSPS) is 11.6. The number of nitrogens with one attached hydrogen (secondary N) is 1. The average molecular weight is 428 g/mol. The Kier molecular flexibility index (Phi) is 5.46. The number of hydrogen-bond acceptors (Lipinski definition) is 4. The van der Waals surface area contributed by atoms with Crippen LogP contribution >= 0.6 is 15.9 Å². The standard InChI is InChI=1S/C19H14BrN3O4/c20-14-8-4-7-13(9-14)16(19(26)27)23-11-21-10-15(18(23)25)22-17(24)12-5-2-1-3-6-12/h1-11,16H,(H,22,24)(H,26,27). The third-order valence-corrected chi connectivity index (χ3v) is 4.31. The van der Waals surface area contributed by atoms with Gasteiger partial charge < -0.3 is 10.4 Å². The van der Waals surface area contributed by atoms with Gasteiger partial charge in [0, 0.05) is 10.0 Å². The molecule has 2 N–H and O–H groups in total. The number of carbonyl (C=O) groups is 2. The highest BCUT2D eigenvalue weighted by Gasteiger charge is 2.24. The molecule has 0 aliphatic rings. The molecule has 0 spiro atoms. The van der Waals surface area contributed by atoms with E-state index in [-0.39, 0.29) is 5.69 Å². The summed E-state index contributed by atoms with van der Waals surface area (Å²) < 4.78 is 1.66. The Morgan fingerprint density at radius 1 is 1.11 bits per heavy atom. The van der Waals surface area contributed by atoms with Gasteiger partial charge in [-0.1, -0.05) is 46.3 Å². The number of hydrogen-bond donors (Lipinski definition) is 2. The van der Waals surface area contributed by atoms with E-state index in [4.69, 9.17) is 0 Å². The van der Waals surface area contributed by atoms with Crippen molar-refractivity contribution in [2.75, 3.05) is 5.32 Å². The zero-order valence-electron chi connectivity index (χ0n) is 13.9. The monoisotopic (exact) mass is 427 g/mol. The topological polar surface area (TPSA) is 101 Å². The van der Waals surface area contributed by atoms with Crippen LogP contribution in [0.15, 0.2) is 76.4 Å². The fraction of sp³-hybridized carbons (Fsp3) is 0.0526. The summed E-state index contributed by atoms with van der Waals surface area (Å²) in [5.74, 6) is -1.70. The molecule has 0 bridgehead atoms. The zero-order valence-corrected chi connectivity index (χ0v) is 15.5. The number of carboxylic acid groups (broad SMARTS) is 1. The maximum atomic E-state index is 12.8. The van der Waals surface area contributed by atoms with Crippen molar-refractivity contribution in [1.29, 1.82) is 0 Å². The second kappa shape index (κ2) is 7.96. The van der Waals surface area contributed by atoms with Crippen LogP contribution in [0.2, 0.25) is 0 Å². The lowest BCUT2D eigenvalue weighted by Crippen LogP contribution is -2.33. The van der Waals surface area contributed by atoms with Gasteiger partial charge in [0.2, 0.25) is 0 Å². The summed E-state index contributed by atoms with van der Waals surface area (Å²) in [6.07, 6.45) is 2.33. The molecule has 3 rings (SSSR count). The van der Waals surface area contributed by atoms with Crippen LogP contribution in [0.1, 0.15) is 22.0 Å². The molecule has 0 saturated heterocycles. The van der Waals surface area contributed by atoms with Crippen molar-refractivity contribution in [2.24, 2.45) is 0 Å². The van der Waals surface area contributed by atoms with E-state index in [1.165, 1.54) is 6.20 Å². The maximum Gasteiger partial charge on any atom is 0.331 e. The van der Waals surface area contributed by atoms with Gasteiger partial charge in [-0.3, -0.25) is 14.2 Å². The van der Waals surface area contributed by atoms with Gasteiger partial charge in [0.05, 0.1) is 12.5 Å². The molecule has 1 heterocycles. The second-order valence-electron chi connectivity index (χ2n) is 5.64. The summed E-state index contributed by atoms with van der Waals surface area (Å²) >= 11 is 3.29. The zero-order chi connectivity index (χ0) is 19.4. The first-order valence-corrected chi connectivity index (χ1v) is 8.67. The van der Waals surface area contributed by atoms with Gasteiger partial charge in [-0.05, 0) is 29.8 Å². The number of carboxylic acids is 1. The average Bonchev–Trinajstić information content (AvgIpc) is 2.65. The van der Waals surface area contributed by atoms with Crippen LogP contribution in [0.3, 0.4) is 0 Å². The van der Waals surface area contributed by atoms with Crippen molar-refractivity contribution in [3.8, 4) is 0 Å². The minimum atomic E-state index is -1.28. The lowest BCUT2D eigenvalue weighted by molar-refractivity contribution is -0.139. The Morgan fingerprint density at radius 3 is 2.52 bits per heavy atom. The highest BCUT2D eigenvalue weighted by Crippen LogP contribution is 2.21. The molecule has 8 heteroatoms. The molecule has 1 atom stereocenters. The van der Waals surface area contributed by atoms with Crippen LogP contribution < -0.4 is 10.9 Å². The Bertz CT molecular complexity index is 1050. The van der Waals surface area contributed by atoms with Crippen LogP contribution in [0.25, 0.3) is 0 Å². The van der Waals surface area contributed by atoms with Gasteiger partial charge in [0.15, 0.2) is 6.04 Å². The summed E-state index contributed by atoms with van der Waals surface area (Å²) in [6, 6.07) is 13.7. The number of carbonyl (C=O) groups excluding carboxylic acids is 1. The molecule has 1 aromatic heterocycles. The molecule has 1 amide bonds. The van der Waals surface area contributed by atoms with Crippen molar-refractivity contribution < 1.29 is 14.7 Å². The van der Waals surface area contributed by atoms with E-state index in [9.17, 15) is 19.5 Å². The predicted molar refractivity (Wildman–Crippen MR) is 103 cm³/mol. The first-order valence-electron chi connectivity index (χ1n) is 7.88. The van der Waals surface area contributed by atoms with Crippen molar-refractivity contribution >= 4 is 33.5 Å². The predicted octanol–water partition coefficient (Wildman–Crippen LogP) is 2.93. The molecule has 1 unspecified atom stereocenters. The van der Waals surface area contributed by atoms with Gasteiger partial charge in [0.1, 0.15) is 5.69 Å². The molecular formula is C19H14BrN3O4. The van der Waals surface area contributed by atoms with Crippen LogP contribution in [0, 0.1) is 0 Å². The summed E-state index contributed by atoms with van der Waals surface area (Å²) in [5.41, 5.74) is -0.00403.